The van der Waals surface area contributed by atoms with Crippen LogP contribution in [0.4, 0.5) is 0 Å². The van der Waals surface area contributed by atoms with Crippen molar-refractivity contribution >= 4 is 17.5 Å². The van der Waals surface area contributed by atoms with Crippen LogP contribution in [0.25, 0.3) is 0 Å². The smallest absolute Gasteiger partial charge is 0.254 e. The van der Waals surface area contributed by atoms with Gasteiger partial charge in [0, 0.05) is 36.1 Å². The molecule has 3 rings (SSSR count). The maximum absolute atomic E-state index is 13.1. The number of aromatic nitrogens is 2. The number of carbonyl (C=O) groups is 1. The van der Waals surface area contributed by atoms with Gasteiger partial charge in [-0.3, -0.25) is 4.79 Å². The molecule has 0 atom stereocenters. The molecule has 1 amide bonds. The number of benzene rings is 2. The van der Waals surface area contributed by atoms with Crippen molar-refractivity contribution in [2.75, 3.05) is 6.54 Å². The number of nitrogens with zero attached hydrogens (tertiary/aromatic N) is 3. The highest BCUT2D eigenvalue weighted by Crippen LogP contribution is 2.16. The van der Waals surface area contributed by atoms with E-state index in [1.54, 1.807) is 30.5 Å². The number of aryl methyl sites for hydroxylation is 1. The van der Waals surface area contributed by atoms with Crippen LogP contribution in [0.1, 0.15) is 41.2 Å². The van der Waals surface area contributed by atoms with Gasteiger partial charge in [0.25, 0.3) is 5.91 Å². The van der Waals surface area contributed by atoms with E-state index in [0.717, 1.165) is 12.4 Å². The molecule has 0 aliphatic rings. The second-order valence-electron chi connectivity index (χ2n) is 7.48. The zero-order valence-corrected chi connectivity index (χ0v) is 17.4. The predicted molar refractivity (Wildman–Crippen MR) is 114 cm³/mol. The molecule has 0 saturated heterocycles. The van der Waals surface area contributed by atoms with E-state index < -0.39 is 0 Å². The van der Waals surface area contributed by atoms with Crippen molar-refractivity contribution in [2.24, 2.45) is 5.92 Å². The largest absolute Gasteiger partial charge is 0.331 e. The molecule has 0 N–H and O–H groups in total. The van der Waals surface area contributed by atoms with Gasteiger partial charge in [-0.15, -0.1) is 0 Å². The Balaban J connectivity index is 1.82. The number of amides is 1. The first-order valence-corrected chi connectivity index (χ1v) is 9.91. The van der Waals surface area contributed by atoms with Gasteiger partial charge in [-0.2, -0.15) is 0 Å². The normalized spacial score (nSPS) is 11.0. The zero-order valence-electron chi connectivity index (χ0n) is 16.6. The summed E-state index contributed by atoms with van der Waals surface area (Å²) >= 11 is 5.97. The average molecular weight is 396 g/mol. The Kier molecular flexibility index (Phi) is 6.53. The average Bonchev–Trinajstić information content (AvgIpc) is 3.09. The van der Waals surface area contributed by atoms with Crippen LogP contribution < -0.4 is 0 Å². The molecule has 1 heterocycles. The minimum atomic E-state index is -0.00388. The van der Waals surface area contributed by atoms with Gasteiger partial charge in [-0.25, -0.2) is 4.98 Å². The Morgan fingerprint density at radius 2 is 1.86 bits per heavy atom. The summed E-state index contributed by atoms with van der Waals surface area (Å²) in [6, 6.07) is 15.4. The van der Waals surface area contributed by atoms with Gasteiger partial charge < -0.3 is 9.47 Å². The molecule has 0 saturated carbocycles. The third-order valence-corrected chi connectivity index (χ3v) is 4.95. The molecule has 146 valence electrons. The van der Waals surface area contributed by atoms with Gasteiger partial charge in [0.15, 0.2) is 0 Å². The first-order valence-electron chi connectivity index (χ1n) is 9.53. The molecule has 0 spiro atoms. The summed E-state index contributed by atoms with van der Waals surface area (Å²) < 4.78 is 2.12. The summed E-state index contributed by atoms with van der Waals surface area (Å²) in [7, 11) is 0. The molecule has 28 heavy (non-hydrogen) atoms. The molecule has 4 nitrogen and oxygen atoms in total. The Hall–Kier alpha value is -2.59. The molecule has 3 aromatic rings. The van der Waals surface area contributed by atoms with Crippen molar-refractivity contribution in [3.63, 3.8) is 0 Å². The number of carbonyl (C=O) groups excluding carboxylic acids is 1. The zero-order chi connectivity index (χ0) is 20.1. The van der Waals surface area contributed by atoms with Crippen LogP contribution in [-0.4, -0.2) is 26.9 Å². The lowest BCUT2D eigenvalue weighted by Gasteiger charge is -2.25. The highest BCUT2D eigenvalue weighted by atomic mass is 35.5. The molecule has 0 aliphatic carbocycles. The molecule has 0 bridgehead atoms. The molecule has 0 aliphatic heterocycles. The second kappa shape index (κ2) is 9.07. The Bertz CT molecular complexity index is 931. The Labute approximate surface area is 171 Å². The van der Waals surface area contributed by atoms with Crippen LogP contribution in [-0.2, 0) is 13.1 Å². The van der Waals surface area contributed by atoms with E-state index in [1.165, 1.54) is 11.1 Å². The number of hydrogen-bond donors (Lipinski definition) is 0. The van der Waals surface area contributed by atoms with Gasteiger partial charge in [0.05, 0.1) is 6.54 Å². The van der Waals surface area contributed by atoms with Gasteiger partial charge in [0.1, 0.15) is 5.82 Å². The van der Waals surface area contributed by atoms with E-state index in [1.807, 2.05) is 23.2 Å². The summed E-state index contributed by atoms with van der Waals surface area (Å²) in [5.41, 5.74) is 3.14. The van der Waals surface area contributed by atoms with E-state index >= 15 is 0 Å². The molecule has 5 heteroatoms. The Morgan fingerprint density at radius 1 is 1.14 bits per heavy atom. The van der Waals surface area contributed by atoms with Crippen LogP contribution in [0, 0.1) is 12.8 Å². The molecule has 1 aromatic heterocycles. The van der Waals surface area contributed by atoms with Crippen LogP contribution in [0.15, 0.2) is 60.9 Å². The minimum absolute atomic E-state index is 0.00388. The van der Waals surface area contributed by atoms with Gasteiger partial charge in [-0.1, -0.05) is 49.7 Å². The number of hydrogen-bond acceptors (Lipinski definition) is 2. The van der Waals surface area contributed by atoms with Gasteiger partial charge >= 0.3 is 0 Å². The number of halogens is 1. The van der Waals surface area contributed by atoms with Crippen molar-refractivity contribution in [1.82, 2.24) is 14.5 Å². The van der Waals surface area contributed by atoms with Crippen LogP contribution in [0.2, 0.25) is 5.02 Å². The summed E-state index contributed by atoms with van der Waals surface area (Å²) in [4.78, 5) is 19.5. The molecule has 0 fully saturated rings. The molecule has 0 unspecified atom stereocenters. The fourth-order valence-corrected chi connectivity index (χ4v) is 3.34. The van der Waals surface area contributed by atoms with Crippen molar-refractivity contribution in [1.29, 1.82) is 0 Å². The SMILES string of the molecule is Cc1ccccc1Cn1ccnc1CN(CC(C)C)C(=O)c1ccc(Cl)cc1. The lowest BCUT2D eigenvalue weighted by Crippen LogP contribution is -2.34. The highest BCUT2D eigenvalue weighted by Gasteiger charge is 2.19. The van der Waals surface area contributed by atoms with Crippen molar-refractivity contribution in [3.05, 3.63) is 88.5 Å². The summed E-state index contributed by atoms with van der Waals surface area (Å²) in [6.07, 6.45) is 3.77. The second-order valence-corrected chi connectivity index (χ2v) is 7.92. The first kappa shape index (κ1) is 20.2. The number of imidazole rings is 1. The first-order chi connectivity index (χ1) is 13.4. The quantitative estimate of drug-likeness (QED) is 0.552. The minimum Gasteiger partial charge on any atom is -0.331 e. The molecule has 0 radical (unpaired) electrons. The van der Waals surface area contributed by atoms with Crippen LogP contribution >= 0.6 is 11.6 Å². The van der Waals surface area contributed by atoms with E-state index in [-0.39, 0.29) is 5.91 Å². The third kappa shape index (κ3) is 5.02. The summed E-state index contributed by atoms with van der Waals surface area (Å²) in [5, 5.41) is 0.626. The fourth-order valence-electron chi connectivity index (χ4n) is 3.21. The third-order valence-electron chi connectivity index (χ3n) is 4.70. The maximum Gasteiger partial charge on any atom is 0.254 e. The predicted octanol–water partition coefficient (Wildman–Crippen LogP) is 5.19. The lowest BCUT2D eigenvalue weighted by atomic mass is 10.1. The van der Waals surface area contributed by atoms with E-state index in [2.05, 4.69) is 42.5 Å². The van der Waals surface area contributed by atoms with Gasteiger partial charge in [0.2, 0.25) is 0 Å². The highest BCUT2D eigenvalue weighted by molar-refractivity contribution is 6.30. The van der Waals surface area contributed by atoms with E-state index in [4.69, 9.17) is 11.6 Å². The molecular weight excluding hydrogens is 370 g/mol. The van der Waals surface area contributed by atoms with Crippen LogP contribution in [0.3, 0.4) is 0 Å². The van der Waals surface area contributed by atoms with Gasteiger partial charge in [-0.05, 0) is 48.2 Å². The fraction of sp³-hybridized carbons (Fsp3) is 0.304. The van der Waals surface area contributed by atoms with E-state index in [9.17, 15) is 4.79 Å². The topological polar surface area (TPSA) is 38.1 Å². The standard InChI is InChI=1S/C23H26ClN3O/c1-17(2)14-27(23(28)19-8-10-21(24)11-9-19)16-22-25-12-13-26(22)15-20-7-5-4-6-18(20)3/h4-13,17H,14-16H2,1-3H3. The van der Waals surface area contributed by atoms with Crippen molar-refractivity contribution in [2.45, 2.75) is 33.9 Å². The van der Waals surface area contributed by atoms with Crippen LogP contribution in [0.5, 0.6) is 0 Å². The maximum atomic E-state index is 13.1. The lowest BCUT2D eigenvalue weighted by molar-refractivity contribution is 0.0716. The van der Waals surface area contributed by atoms with Crippen molar-refractivity contribution < 1.29 is 4.79 Å². The summed E-state index contributed by atoms with van der Waals surface area (Å²) in [5.74, 6) is 1.23. The molecular formula is C23H26ClN3O. The number of rotatable bonds is 7. The van der Waals surface area contributed by atoms with Crippen molar-refractivity contribution in [3.8, 4) is 0 Å². The van der Waals surface area contributed by atoms with E-state index in [0.29, 0.717) is 29.6 Å². The summed E-state index contributed by atoms with van der Waals surface area (Å²) in [6.45, 7) is 8.22. The Morgan fingerprint density at radius 3 is 2.54 bits per heavy atom. The molecule has 2 aromatic carbocycles. The monoisotopic (exact) mass is 395 g/mol.